The molecule has 2 heterocycles. The summed E-state index contributed by atoms with van der Waals surface area (Å²) in [6.45, 7) is 2.25. The van der Waals surface area contributed by atoms with E-state index in [9.17, 15) is 0 Å². The Kier molecular flexibility index (Phi) is 4.16. The summed E-state index contributed by atoms with van der Waals surface area (Å²) in [6.07, 6.45) is 0.908. The lowest BCUT2D eigenvalue weighted by Gasteiger charge is -2.14. The van der Waals surface area contributed by atoms with Crippen LogP contribution < -0.4 is 0 Å². The van der Waals surface area contributed by atoms with Crippen molar-refractivity contribution in [2.75, 3.05) is 0 Å². The standard InChI is InChI=1S/C32H23NO/c1-2-22-28(33-26-16-8-6-13-24(26)25-14-7-9-17-27(25)33)19-20-30-31(22)32-23(15-10-18-29(32)34-30)21-11-4-3-5-12-21/h3-20H,2H2,1H3. The van der Waals surface area contributed by atoms with Gasteiger partial charge in [0.25, 0.3) is 0 Å². The molecular formula is C32H23NO. The van der Waals surface area contributed by atoms with Gasteiger partial charge in [-0.3, -0.25) is 0 Å². The van der Waals surface area contributed by atoms with Gasteiger partial charge in [0.05, 0.1) is 16.7 Å². The van der Waals surface area contributed by atoms with Crippen LogP contribution in [-0.2, 0) is 6.42 Å². The lowest BCUT2D eigenvalue weighted by Crippen LogP contribution is -1.99. The predicted molar refractivity (Wildman–Crippen MR) is 143 cm³/mol. The Labute approximate surface area is 197 Å². The smallest absolute Gasteiger partial charge is 0.136 e. The molecule has 34 heavy (non-hydrogen) atoms. The van der Waals surface area contributed by atoms with Crippen LogP contribution in [0.25, 0.3) is 60.6 Å². The molecule has 0 saturated heterocycles. The van der Waals surface area contributed by atoms with Crippen LogP contribution in [0.5, 0.6) is 0 Å². The van der Waals surface area contributed by atoms with Crippen LogP contribution in [0.4, 0.5) is 0 Å². The normalized spacial score (nSPS) is 11.8. The van der Waals surface area contributed by atoms with Crippen LogP contribution >= 0.6 is 0 Å². The SMILES string of the molecule is CCc1c(-n2c3ccccc3c3ccccc32)ccc2oc3cccc(-c4ccccc4)c3c12. The highest BCUT2D eigenvalue weighted by Crippen LogP contribution is 2.42. The first-order valence-corrected chi connectivity index (χ1v) is 11.9. The van der Waals surface area contributed by atoms with Gasteiger partial charge in [-0.1, -0.05) is 85.8 Å². The Hall–Kier alpha value is -4.30. The van der Waals surface area contributed by atoms with Crippen LogP contribution in [0.3, 0.4) is 0 Å². The molecule has 0 unspecified atom stereocenters. The quantitative estimate of drug-likeness (QED) is 0.270. The van der Waals surface area contributed by atoms with Gasteiger partial charge >= 0.3 is 0 Å². The van der Waals surface area contributed by atoms with Crippen molar-refractivity contribution >= 4 is 43.7 Å². The van der Waals surface area contributed by atoms with E-state index >= 15 is 0 Å². The highest BCUT2D eigenvalue weighted by atomic mass is 16.3. The first-order valence-electron chi connectivity index (χ1n) is 11.9. The van der Waals surface area contributed by atoms with E-state index in [4.69, 9.17) is 4.42 Å². The maximum atomic E-state index is 6.40. The summed E-state index contributed by atoms with van der Waals surface area (Å²) >= 11 is 0. The van der Waals surface area contributed by atoms with Crippen molar-refractivity contribution in [3.63, 3.8) is 0 Å². The molecule has 0 fully saturated rings. The summed E-state index contributed by atoms with van der Waals surface area (Å²) < 4.78 is 8.82. The number of furan rings is 1. The largest absolute Gasteiger partial charge is 0.456 e. The minimum absolute atomic E-state index is 0.908. The lowest BCUT2D eigenvalue weighted by molar-refractivity contribution is 0.668. The summed E-state index contributed by atoms with van der Waals surface area (Å²) in [5.74, 6) is 0. The average Bonchev–Trinajstić information content (AvgIpc) is 3.44. The summed E-state index contributed by atoms with van der Waals surface area (Å²) in [6, 6.07) is 38.8. The predicted octanol–water partition coefficient (Wildman–Crippen LogP) is 8.91. The van der Waals surface area contributed by atoms with Crippen LogP contribution in [0.1, 0.15) is 12.5 Å². The van der Waals surface area contributed by atoms with Gasteiger partial charge in [-0.25, -0.2) is 0 Å². The first kappa shape index (κ1) is 19.2. The number of benzene rings is 5. The fourth-order valence-electron chi connectivity index (χ4n) is 5.57. The van der Waals surface area contributed by atoms with Crippen molar-refractivity contribution in [1.29, 1.82) is 0 Å². The molecule has 7 aromatic rings. The number of fused-ring (bicyclic) bond motifs is 6. The number of aromatic nitrogens is 1. The molecule has 2 nitrogen and oxygen atoms in total. The molecule has 0 N–H and O–H groups in total. The van der Waals surface area contributed by atoms with Crippen molar-refractivity contribution in [3.05, 3.63) is 115 Å². The van der Waals surface area contributed by atoms with E-state index in [1.54, 1.807) is 0 Å². The molecule has 0 spiro atoms. The van der Waals surface area contributed by atoms with Crippen LogP contribution in [0.2, 0.25) is 0 Å². The molecule has 7 rings (SSSR count). The molecule has 0 aliphatic carbocycles. The lowest BCUT2D eigenvalue weighted by atomic mass is 9.95. The molecular weight excluding hydrogens is 414 g/mol. The molecule has 0 radical (unpaired) electrons. The zero-order chi connectivity index (χ0) is 22.6. The summed E-state index contributed by atoms with van der Waals surface area (Å²) in [4.78, 5) is 0. The average molecular weight is 438 g/mol. The number of para-hydroxylation sites is 2. The van der Waals surface area contributed by atoms with Gasteiger partial charge in [-0.15, -0.1) is 0 Å². The number of hydrogen-bond donors (Lipinski definition) is 0. The van der Waals surface area contributed by atoms with Gasteiger partial charge in [0.2, 0.25) is 0 Å². The Balaban J connectivity index is 1.64. The Morgan fingerprint density at radius 2 is 1.24 bits per heavy atom. The van der Waals surface area contributed by atoms with Gasteiger partial charge in [0.1, 0.15) is 11.2 Å². The van der Waals surface area contributed by atoms with Gasteiger partial charge in [0.15, 0.2) is 0 Å². The minimum Gasteiger partial charge on any atom is -0.456 e. The van der Waals surface area contributed by atoms with Gasteiger partial charge in [-0.05, 0) is 53.4 Å². The third-order valence-electron chi connectivity index (χ3n) is 7.01. The molecule has 0 saturated carbocycles. The van der Waals surface area contributed by atoms with Crippen molar-refractivity contribution in [1.82, 2.24) is 4.57 Å². The van der Waals surface area contributed by atoms with E-state index in [0.29, 0.717) is 0 Å². The zero-order valence-corrected chi connectivity index (χ0v) is 19.0. The van der Waals surface area contributed by atoms with E-state index in [1.807, 2.05) is 0 Å². The zero-order valence-electron chi connectivity index (χ0n) is 19.0. The second-order valence-corrected chi connectivity index (χ2v) is 8.81. The molecule has 5 aromatic carbocycles. The second-order valence-electron chi connectivity index (χ2n) is 8.81. The summed E-state index contributed by atoms with van der Waals surface area (Å²) in [5.41, 5.74) is 9.29. The third-order valence-corrected chi connectivity index (χ3v) is 7.01. The molecule has 0 aliphatic rings. The van der Waals surface area contributed by atoms with Gasteiger partial charge in [-0.2, -0.15) is 0 Å². The van der Waals surface area contributed by atoms with Crippen molar-refractivity contribution in [3.8, 4) is 16.8 Å². The van der Waals surface area contributed by atoms with Gasteiger partial charge < -0.3 is 8.98 Å². The number of rotatable bonds is 3. The van der Waals surface area contributed by atoms with E-state index in [2.05, 4.69) is 121 Å². The third kappa shape index (κ3) is 2.63. The molecule has 0 amide bonds. The molecule has 2 aromatic heterocycles. The maximum Gasteiger partial charge on any atom is 0.136 e. The Bertz CT molecular complexity index is 1780. The monoisotopic (exact) mass is 437 g/mol. The molecule has 0 atom stereocenters. The topological polar surface area (TPSA) is 18.1 Å². The van der Waals surface area contributed by atoms with Crippen LogP contribution in [0.15, 0.2) is 114 Å². The minimum atomic E-state index is 0.908. The van der Waals surface area contributed by atoms with Crippen molar-refractivity contribution < 1.29 is 4.42 Å². The Morgan fingerprint density at radius 3 is 1.94 bits per heavy atom. The van der Waals surface area contributed by atoms with Crippen molar-refractivity contribution in [2.24, 2.45) is 0 Å². The first-order chi connectivity index (χ1) is 16.8. The fraction of sp³-hybridized carbons (Fsp3) is 0.0625. The van der Waals surface area contributed by atoms with Crippen LogP contribution in [0, 0.1) is 0 Å². The molecule has 162 valence electrons. The maximum absolute atomic E-state index is 6.40. The van der Waals surface area contributed by atoms with Crippen molar-refractivity contribution in [2.45, 2.75) is 13.3 Å². The fourth-order valence-corrected chi connectivity index (χ4v) is 5.57. The highest BCUT2D eigenvalue weighted by molar-refractivity contribution is 6.15. The molecule has 2 heteroatoms. The summed E-state index contributed by atoms with van der Waals surface area (Å²) in [7, 11) is 0. The Morgan fingerprint density at radius 1 is 0.588 bits per heavy atom. The van der Waals surface area contributed by atoms with E-state index in [1.165, 1.54) is 55.0 Å². The number of hydrogen-bond acceptors (Lipinski definition) is 1. The number of nitrogens with zero attached hydrogens (tertiary/aromatic N) is 1. The molecule has 0 aliphatic heterocycles. The number of aryl methyl sites for hydroxylation is 1. The van der Waals surface area contributed by atoms with E-state index in [0.717, 1.165) is 17.6 Å². The highest BCUT2D eigenvalue weighted by Gasteiger charge is 2.20. The second kappa shape index (κ2) is 7.36. The van der Waals surface area contributed by atoms with E-state index in [-0.39, 0.29) is 0 Å². The van der Waals surface area contributed by atoms with E-state index < -0.39 is 0 Å². The van der Waals surface area contributed by atoms with Gasteiger partial charge in [0, 0.05) is 21.5 Å². The molecule has 0 bridgehead atoms. The summed E-state index contributed by atoms with van der Waals surface area (Å²) in [5, 5.41) is 4.98. The van der Waals surface area contributed by atoms with Crippen LogP contribution in [-0.4, -0.2) is 4.57 Å².